The van der Waals surface area contributed by atoms with E-state index < -0.39 is 39.3 Å². The number of hydrogen-bond acceptors (Lipinski definition) is 3. The third-order valence-corrected chi connectivity index (χ3v) is 4.66. The summed E-state index contributed by atoms with van der Waals surface area (Å²) in [5, 5.41) is 0. The van der Waals surface area contributed by atoms with Crippen LogP contribution in [0.3, 0.4) is 0 Å². The van der Waals surface area contributed by atoms with E-state index in [-0.39, 0.29) is 13.2 Å². The lowest BCUT2D eigenvalue weighted by molar-refractivity contribution is -0.176. The van der Waals surface area contributed by atoms with Gasteiger partial charge in [-0.05, 0) is 23.3 Å². The molecule has 26 heavy (non-hydrogen) atoms. The highest BCUT2D eigenvalue weighted by atomic mass is 32.2. The summed E-state index contributed by atoms with van der Waals surface area (Å²) in [6, 6.07) is 8.55. The number of nitrogens with one attached hydrogen (secondary N) is 1. The van der Waals surface area contributed by atoms with Crippen molar-refractivity contribution in [2.75, 3.05) is 6.61 Å². The molecule has 142 valence electrons. The molecule has 0 aliphatic heterocycles. The molecule has 0 heterocycles. The van der Waals surface area contributed by atoms with Crippen LogP contribution in [0, 0.1) is 11.6 Å². The van der Waals surface area contributed by atoms with Crippen LogP contribution in [-0.4, -0.2) is 21.2 Å². The molecular formula is C16H14F5NO3S. The molecule has 0 spiro atoms. The van der Waals surface area contributed by atoms with Gasteiger partial charge >= 0.3 is 6.18 Å². The lowest BCUT2D eigenvalue weighted by Gasteiger charge is -2.10. The number of sulfonamides is 1. The van der Waals surface area contributed by atoms with Gasteiger partial charge in [-0.3, -0.25) is 0 Å². The Balaban J connectivity index is 1.97. The molecule has 0 fully saturated rings. The van der Waals surface area contributed by atoms with Crippen molar-refractivity contribution in [2.24, 2.45) is 0 Å². The van der Waals surface area contributed by atoms with E-state index in [2.05, 4.69) is 9.46 Å². The van der Waals surface area contributed by atoms with Gasteiger partial charge in [0.1, 0.15) is 18.2 Å². The Kier molecular flexibility index (Phi) is 6.32. The van der Waals surface area contributed by atoms with Crippen molar-refractivity contribution in [3.8, 4) is 0 Å². The molecule has 0 aliphatic rings. The van der Waals surface area contributed by atoms with Crippen molar-refractivity contribution in [2.45, 2.75) is 24.2 Å². The van der Waals surface area contributed by atoms with Gasteiger partial charge in [0, 0.05) is 6.54 Å². The zero-order valence-corrected chi connectivity index (χ0v) is 14.0. The zero-order valence-electron chi connectivity index (χ0n) is 13.2. The summed E-state index contributed by atoms with van der Waals surface area (Å²) < 4.78 is 93.7. The minimum atomic E-state index is -4.42. The van der Waals surface area contributed by atoms with E-state index in [9.17, 15) is 30.4 Å². The predicted molar refractivity (Wildman–Crippen MR) is 82.5 cm³/mol. The summed E-state index contributed by atoms with van der Waals surface area (Å²) in [7, 11) is -4.41. The Morgan fingerprint density at radius 1 is 0.923 bits per heavy atom. The van der Waals surface area contributed by atoms with Gasteiger partial charge in [-0.25, -0.2) is 21.9 Å². The number of rotatable bonds is 7. The quantitative estimate of drug-likeness (QED) is 0.730. The standard InChI is InChI=1S/C16H14F5NO3S/c17-13-2-1-3-14(18)15(13)26(23,24)22-8-11-4-6-12(7-5-11)9-25-10-16(19,20)21/h1-7,22H,8-10H2. The van der Waals surface area contributed by atoms with Gasteiger partial charge in [-0.15, -0.1) is 0 Å². The summed E-state index contributed by atoms with van der Waals surface area (Å²) in [4.78, 5) is -1.07. The summed E-state index contributed by atoms with van der Waals surface area (Å²) in [5.41, 5.74) is 0.908. The van der Waals surface area contributed by atoms with Crippen LogP contribution in [0.15, 0.2) is 47.4 Å². The van der Waals surface area contributed by atoms with Crippen molar-refractivity contribution in [3.63, 3.8) is 0 Å². The summed E-state index contributed by atoms with van der Waals surface area (Å²) in [6.07, 6.45) is -4.42. The van der Waals surface area contributed by atoms with E-state index in [0.717, 1.165) is 18.2 Å². The zero-order chi connectivity index (χ0) is 19.4. The van der Waals surface area contributed by atoms with Gasteiger partial charge in [0.25, 0.3) is 0 Å². The Hall–Kier alpha value is -2.04. The molecule has 2 rings (SSSR count). The first-order valence-electron chi connectivity index (χ1n) is 7.24. The molecule has 2 aromatic carbocycles. The van der Waals surface area contributed by atoms with Crippen LogP contribution in [0.25, 0.3) is 0 Å². The van der Waals surface area contributed by atoms with Crippen LogP contribution in [0.4, 0.5) is 22.0 Å². The van der Waals surface area contributed by atoms with E-state index in [1.807, 2.05) is 0 Å². The number of alkyl halides is 3. The molecule has 10 heteroatoms. The first kappa shape index (κ1) is 20.3. The molecule has 0 bridgehead atoms. The molecular weight excluding hydrogens is 381 g/mol. The third kappa shape index (κ3) is 5.75. The van der Waals surface area contributed by atoms with E-state index in [1.54, 1.807) is 0 Å². The molecule has 1 N–H and O–H groups in total. The molecule has 4 nitrogen and oxygen atoms in total. The monoisotopic (exact) mass is 395 g/mol. The topological polar surface area (TPSA) is 55.4 Å². The molecule has 2 aromatic rings. The largest absolute Gasteiger partial charge is 0.411 e. The van der Waals surface area contributed by atoms with Gasteiger partial charge in [0.15, 0.2) is 4.90 Å². The highest BCUT2D eigenvalue weighted by molar-refractivity contribution is 7.89. The Bertz CT molecular complexity index is 831. The van der Waals surface area contributed by atoms with Gasteiger partial charge in [-0.1, -0.05) is 30.3 Å². The van der Waals surface area contributed by atoms with Gasteiger partial charge < -0.3 is 4.74 Å². The lowest BCUT2D eigenvalue weighted by Crippen LogP contribution is -2.25. The maximum absolute atomic E-state index is 13.6. The summed E-state index contributed by atoms with van der Waals surface area (Å²) >= 11 is 0. The fourth-order valence-corrected chi connectivity index (χ4v) is 3.18. The second-order valence-electron chi connectivity index (χ2n) is 5.30. The first-order chi connectivity index (χ1) is 12.1. The van der Waals surface area contributed by atoms with Crippen LogP contribution in [0.2, 0.25) is 0 Å². The van der Waals surface area contributed by atoms with Crippen LogP contribution >= 0.6 is 0 Å². The summed E-state index contributed by atoms with van der Waals surface area (Å²) in [6.45, 7) is -1.88. The highest BCUT2D eigenvalue weighted by Crippen LogP contribution is 2.19. The van der Waals surface area contributed by atoms with Gasteiger partial charge in [-0.2, -0.15) is 13.2 Å². The number of benzene rings is 2. The minimum Gasteiger partial charge on any atom is -0.367 e. The third-order valence-electron chi connectivity index (χ3n) is 3.21. The number of hydrogen-bond donors (Lipinski definition) is 1. The molecule has 0 atom stereocenters. The maximum atomic E-state index is 13.6. The van der Waals surface area contributed by atoms with Gasteiger partial charge in [0.2, 0.25) is 10.0 Å². The molecule has 0 amide bonds. The Morgan fingerprint density at radius 3 is 2.00 bits per heavy atom. The molecule has 0 radical (unpaired) electrons. The summed E-state index contributed by atoms with van der Waals surface area (Å²) in [5.74, 6) is -2.43. The lowest BCUT2D eigenvalue weighted by atomic mass is 10.1. The van der Waals surface area contributed by atoms with Crippen molar-refractivity contribution >= 4 is 10.0 Å². The molecule has 0 saturated heterocycles. The maximum Gasteiger partial charge on any atom is 0.411 e. The number of ether oxygens (including phenoxy) is 1. The van der Waals surface area contributed by atoms with Crippen LogP contribution in [0.1, 0.15) is 11.1 Å². The van der Waals surface area contributed by atoms with Crippen LogP contribution in [-0.2, 0) is 27.9 Å². The van der Waals surface area contributed by atoms with Crippen LogP contribution < -0.4 is 4.72 Å². The normalized spacial score (nSPS) is 12.3. The predicted octanol–water partition coefficient (Wildman–Crippen LogP) is 3.52. The molecule has 0 saturated carbocycles. The second-order valence-corrected chi connectivity index (χ2v) is 7.00. The highest BCUT2D eigenvalue weighted by Gasteiger charge is 2.27. The van der Waals surface area contributed by atoms with E-state index in [4.69, 9.17) is 0 Å². The Morgan fingerprint density at radius 2 is 1.46 bits per heavy atom. The average Bonchev–Trinajstić information content (AvgIpc) is 2.52. The van der Waals surface area contributed by atoms with E-state index in [1.165, 1.54) is 24.3 Å². The van der Waals surface area contributed by atoms with Crippen molar-refractivity contribution in [1.82, 2.24) is 4.72 Å². The Labute approximate surface area is 146 Å². The van der Waals surface area contributed by atoms with E-state index in [0.29, 0.717) is 11.1 Å². The fraction of sp³-hybridized carbons (Fsp3) is 0.250. The first-order valence-corrected chi connectivity index (χ1v) is 8.73. The molecule has 0 aliphatic carbocycles. The van der Waals surface area contributed by atoms with Crippen LogP contribution in [0.5, 0.6) is 0 Å². The number of halogens is 5. The second kappa shape index (κ2) is 8.11. The molecule has 0 unspecified atom stereocenters. The fourth-order valence-electron chi connectivity index (χ4n) is 2.03. The van der Waals surface area contributed by atoms with Gasteiger partial charge in [0.05, 0.1) is 6.61 Å². The van der Waals surface area contributed by atoms with Crippen molar-refractivity contribution in [3.05, 3.63) is 65.2 Å². The smallest absolute Gasteiger partial charge is 0.367 e. The average molecular weight is 395 g/mol. The minimum absolute atomic E-state index is 0.250. The van der Waals surface area contributed by atoms with Crippen molar-refractivity contribution in [1.29, 1.82) is 0 Å². The molecule has 0 aromatic heterocycles. The SMILES string of the molecule is O=S(=O)(NCc1ccc(COCC(F)(F)F)cc1)c1c(F)cccc1F. The van der Waals surface area contributed by atoms with Crippen molar-refractivity contribution < 1.29 is 35.1 Å². The van der Waals surface area contributed by atoms with E-state index >= 15 is 0 Å².